The third-order valence-electron chi connectivity index (χ3n) is 2.14. The van der Waals surface area contributed by atoms with E-state index in [-0.39, 0.29) is 22.3 Å². The Bertz CT molecular complexity index is 1060. The molecular weight excluding hydrogens is 606 g/mol. The van der Waals surface area contributed by atoms with Crippen LogP contribution in [-0.2, 0) is 18.3 Å². The van der Waals surface area contributed by atoms with Crippen LogP contribution in [0, 0.1) is 22.3 Å². The van der Waals surface area contributed by atoms with Crippen molar-refractivity contribution in [1.29, 1.82) is 0 Å². The number of nitrogens with one attached hydrogen (secondary N) is 1. The topological polar surface area (TPSA) is 412 Å². The SMILES string of the molecule is O=P([O-])([O-])[O-].O=P([O-])([O-])[O-].O=P([O-])([O-])[O-].O=P([O-])([O-])[O-].[C+4].[C+4].[C+4].c1ccc2[nH]c(-c3ccnnn3)nc2c1. The number of nitrogens with zero attached hydrogens (tertiary/aromatic N) is 4. The summed E-state index contributed by atoms with van der Waals surface area (Å²) in [4.78, 5) is 110. The van der Waals surface area contributed by atoms with E-state index in [1.807, 2.05) is 24.3 Å². The molecular formula is C13H7N5O16P4. The number of benzene rings is 1. The van der Waals surface area contributed by atoms with E-state index < -0.39 is 31.3 Å². The zero-order valence-corrected chi connectivity index (χ0v) is 21.2. The molecule has 0 spiro atoms. The van der Waals surface area contributed by atoms with Crippen molar-refractivity contribution in [2.75, 3.05) is 0 Å². The maximum Gasteiger partial charge on any atom is 4.00 e. The Labute approximate surface area is 215 Å². The fourth-order valence-corrected chi connectivity index (χ4v) is 1.44. The molecule has 25 heteroatoms. The van der Waals surface area contributed by atoms with Crippen LogP contribution < -0.4 is 58.7 Å². The molecule has 0 atom stereocenters. The predicted molar refractivity (Wildman–Crippen MR) is 95.1 cm³/mol. The summed E-state index contributed by atoms with van der Waals surface area (Å²) in [6, 6.07) is 9.60. The number of hydrogen-bond acceptors (Lipinski definition) is 20. The van der Waals surface area contributed by atoms with E-state index in [1.165, 1.54) is 0 Å². The molecule has 0 bridgehead atoms. The van der Waals surface area contributed by atoms with Crippen molar-refractivity contribution in [3.8, 4) is 11.5 Å². The van der Waals surface area contributed by atoms with Crippen molar-refractivity contribution in [2.45, 2.75) is 0 Å². The van der Waals surface area contributed by atoms with E-state index in [0.29, 0.717) is 11.5 Å². The quantitative estimate of drug-likeness (QED) is 0.249. The van der Waals surface area contributed by atoms with Crippen molar-refractivity contribution in [3.63, 3.8) is 0 Å². The first kappa shape index (κ1) is 46.0. The summed E-state index contributed by atoms with van der Waals surface area (Å²) >= 11 is 0. The van der Waals surface area contributed by atoms with Gasteiger partial charge in [0.1, 0.15) is 5.69 Å². The number of rotatable bonds is 1. The zero-order chi connectivity index (χ0) is 28.1. The van der Waals surface area contributed by atoms with Crippen molar-refractivity contribution < 1.29 is 77.0 Å². The number of para-hydroxylation sites is 2. The second-order valence-electron chi connectivity index (χ2n) is 4.90. The summed E-state index contributed by atoms with van der Waals surface area (Å²) in [7, 11) is -21.6. The van der Waals surface area contributed by atoms with Gasteiger partial charge in [0, 0.05) is 0 Å². The van der Waals surface area contributed by atoms with Crippen LogP contribution in [0.25, 0.3) is 22.6 Å². The van der Waals surface area contributed by atoms with Crippen LogP contribution in [0.5, 0.6) is 0 Å². The van der Waals surface area contributed by atoms with Crippen molar-refractivity contribution in [1.82, 2.24) is 25.4 Å². The number of imidazole rings is 1. The Morgan fingerprint density at radius 3 is 1.29 bits per heavy atom. The Morgan fingerprint density at radius 2 is 0.974 bits per heavy atom. The molecule has 0 radical (unpaired) electrons. The molecule has 200 valence electrons. The molecule has 0 saturated carbocycles. The Kier molecular flexibility index (Phi) is 24.3. The average Bonchev–Trinajstić information content (AvgIpc) is 3.01. The molecule has 38 heavy (non-hydrogen) atoms. The van der Waals surface area contributed by atoms with Crippen LogP contribution in [0.2, 0.25) is 0 Å². The van der Waals surface area contributed by atoms with E-state index in [4.69, 9.17) is 77.0 Å². The molecule has 0 fully saturated rings. The van der Waals surface area contributed by atoms with Crippen LogP contribution >= 0.6 is 31.3 Å². The summed E-state index contributed by atoms with van der Waals surface area (Å²) < 4.78 is 34.2. The monoisotopic (exact) mass is 613 g/mol. The zero-order valence-electron chi connectivity index (χ0n) is 17.6. The second kappa shape index (κ2) is 20.1. The molecule has 0 aliphatic heterocycles. The molecule has 0 aliphatic carbocycles. The van der Waals surface area contributed by atoms with Crippen molar-refractivity contribution in [2.24, 2.45) is 0 Å². The van der Waals surface area contributed by atoms with Crippen molar-refractivity contribution >= 4 is 42.3 Å². The standard InChI is InChI=1S/C10H7N5.3C.4H3O4P/c1-2-4-8-7(3-1)12-10(13-8)9-5-6-11-15-14-9;;;;4*1-5(2,3)4/h1-6H,(H,12,13);;;;4*(H3,1,2,3,4)/q;3*+4;;;;/p-12. The third-order valence-corrected chi connectivity index (χ3v) is 2.14. The van der Waals surface area contributed by atoms with Gasteiger partial charge in [-0.3, -0.25) is 0 Å². The summed E-state index contributed by atoms with van der Waals surface area (Å²) in [6.07, 6.45) is 1.59. The molecule has 2 heterocycles. The predicted octanol–water partition coefficient (Wildman–Crippen LogP) is -9.64. The van der Waals surface area contributed by atoms with Crippen LogP contribution in [0.15, 0.2) is 36.5 Å². The van der Waals surface area contributed by atoms with E-state index in [1.54, 1.807) is 12.3 Å². The van der Waals surface area contributed by atoms with Gasteiger partial charge in [-0.05, 0) is 23.4 Å². The minimum absolute atomic E-state index is 0. The van der Waals surface area contributed by atoms with Crippen LogP contribution in [-0.4, -0.2) is 25.4 Å². The number of H-pyrrole nitrogens is 1. The van der Waals surface area contributed by atoms with Gasteiger partial charge in [-0.25, -0.2) is 4.98 Å². The normalized spacial score (nSPS) is 10.4. The van der Waals surface area contributed by atoms with Gasteiger partial charge in [0.25, 0.3) is 0 Å². The van der Waals surface area contributed by atoms with Crippen LogP contribution in [0.3, 0.4) is 0 Å². The van der Waals surface area contributed by atoms with Gasteiger partial charge < -0.3 is 82.0 Å². The number of aromatic nitrogens is 5. The number of fused-ring (bicyclic) bond motifs is 1. The van der Waals surface area contributed by atoms with Crippen molar-refractivity contribution in [3.05, 3.63) is 58.8 Å². The summed E-state index contributed by atoms with van der Waals surface area (Å²) in [6.45, 7) is 0. The summed E-state index contributed by atoms with van der Waals surface area (Å²) in [5, 5.41) is 11.1. The molecule has 1 N–H and O–H groups in total. The minimum atomic E-state index is -5.39. The number of hydrogen-bond donors (Lipinski definition) is 1. The summed E-state index contributed by atoms with van der Waals surface area (Å²) in [5.74, 6) is 0.714. The number of aromatic amines is 1. The smallest absolute Gasteiger partial charge is 0.822 e. The maximum absolute atomic E-state index is 8.55. The molecule has 0 aliphatic rings. The van der Waals surface area contributed by atoms with Gasteiger partial charge in [0.15, 0.2) is 5.82 Å². The first-order valence-corrected chi connectivity index (χ1v) is 13.3. The minimum Gasteiger partial charge on any atom is -0.822 e. The fourth-order valence-electron chi connectivity index (χ4n) is 1.44. The number of phosphoric acid groups is 4. The maximum atomic E-state index is 8.55. The third kappa shape index (κ3) is 44.2. The molecule has 0 saturated heterocycles. The second-order valence-corrected chi connectivity index (χ2v) is 8.48. The van der Waals surface area contributed by atoms with E-state index in [9.17, 15) is 0 Å². The molecule has 3 rings (SSSR count). The molecule has 3 aromatic rings. The Hall–Kier alpha value is -1.86. The Balaban J connectivity index is -0.000000135. The first-order chi connectivity index (χ1) is 15.4. The van der Waals surface area contributed by atoms with Crippen LogP contribution in [0.1, 0.15) is 0 Å². The molecule has 0 amide bonds. The van der Waals surface area contributed by atoms with Gasteiger partial charge in [0.2, 0.25) is 0 Å². The molecule has 0 unspecified atom stereocenters. The van der Waals surface area contributed by atoms with E-state index >= 15 is 0 Å². The van der Waals surface area contributed by atoms with E-state index in [0.717, 1.165) is 11.0 Å². The molecule has 21 nitrogen and oxygen atoms in total. The summed E-state index contributed by atoms with van der Waals surface area (Å²) in [5.41, 5.74) is 2.61. The van der Waals surface area contributed by atoms with Gasteiger partial charge in [-0.2, -0.15) is 31.3 Å². The van der Waals surface area contributed by atoms with Crippen LogP contribution in [0.4, 0.5) is 0 Å². The van der Waals surface area contributed by atoms with Gasteiger partial charge in [0.05, 0.1) is 17.2 Å². The molecule has 2 aromatic heterocycles. The largest absolute Gasteiger partial charge is 4.00 e. The fraction of sp³-hybridized carbons (Fsp3) is 0. The van der Waals surface area contributed by atoms with E-state index in [2.05, 4.69) is 25.4 Å². The first-order valence-electron chi connectivity index (χ1n) is 7.45. The molecule has 1 aromatic carbocycles. The Morgan fingerprint density at radius 1 is 0.605 bits per heavy atom. The van der Waals surface area contributed by atoms with Gasteiger partial charge in [-0.15, -0.1) is 10.2 Å². The van der Waals surface area contributed by atoms with Gasteiger partial charge in [-0.1, -0.05) is 12.1 Å². The van der Waals surface area contributed by atoms with Gasteiger partial charge >= 0.3 is 22.3 Å². The average molecular weight is 613 g/mol.